The standard InChI is InChI=1S/C27H37N3O2/c1-20-6-11-24(29-14-12-28(5)13-15-29)21(18-20)19-25-26(31)30(16-17-32-25)23-9-7-22(8-10-23)27(2,3)4/h6-11,18,25H,12-17,19H2,1-5H3. The molecule has 0 aliphatic carbocycles. The Bertz CT molecular complexity index is 940. The van der Waals surface area contributed by atoms with E-state index in [1.165, 1.54) is 22.4 Å². The lowest BCUT2D eigenvalue weighted by molar-refractivity contribution is -0.133. The number of hydrogen-bond donors (Lipinski definition) is 0. The van der Waals surface area contributed by atoms with Crippen molar-refractivity contribution in [2.45, 2.75) is 45.6 Å². The largest absolute Gasteiger partial charge is 0.369 e. The number of anilines is 2. The van der Waals surface area contributed by atoms with Gasteiger partial charge in [-0.3, -0.25) is 4.79 Å². The summed E-state index contributed by atoms with van der Waals surface area (Å²) in [6, 6.07) is 15.0. The average molecular weight is 436 g/mol. The van der Waals surface area contributed by atoms with Crippen LogP contribution >= 0.6 is 0 Å². The van der Waals surface area contributed by atoms with Gasteiger partial charge in [0.2, 0.25) is 0 Å². The third-order valence-corrected chi connectivity index (χ3v) is 6.70. The molecule has 2 aliphatic heterocycles. The number of carbonyl (C=O) groups is 1. The van der Waals surface area contributed by atoms with Crippen molar-refractivity contribution in [2.75, 3.05) is 56.2 Å². The minimum absolute atomic E-state index is 0.0607. The molecular formula is C27H37N3O2. The number of ether oxygens (including phenoxy) is 1. The third-order valence-electron chi connectivity index (χ3n) is 6.70. The Morgan fingerprint density at radius 1 is 0.969 bits per heavy atom. The zero-order valence-corrected chi connectivity index (χ0v) is 20.2. The van der Waals surface area contributed by atoms with Crippen LogP contribution in [0, 0.1) is 6.92 Å². The van der Waals surface area contributed by atoms with Crippen molar-refractivity contribution < 1.29 is 9.53 Å². The summed E-state index contributed by atoms with van der Waals surface area (Å²) in [6.45, 7) is 14.0. The summed E-state index contributed by atoms with van der Waals surface area (Å²) in [5.74, 6) is 0.0607. The zero-order valence-electron chi connectivity index (χ0n) is 20.2. The second kappa shape index (κ2) is 9.24. The van der Waals surface area contributed by atoms with Gasteiger partial charge in [0, 0.05) is 50.5 Å². The van der Waals surface area contributed by atoms with Crippen LogP contribution in [0.15, 0.2) is 42.5 Å². The fourth-order valence-corrected chi connectivity index (χ4v) is 4.62. The van der Waals surface area contributed by atoms with Crippen LogP contribution < -0.4 is 9.80 Å². The predicted molar refractivity (Wildman–Crippen MR) is 132 cm³/mol. The minimum atomic E-state index is -0.445. The van der Waals surface area contributed by atoms with E-state index in [2.05, 4.69) is 87.0 Å². The number of hydrogen-bond acceptors (Lipinski definition) is 4. The maximum atomic E-state index is 13.4. The van der Waals surface area contributed by atoms with Crippen LogP contribution in [0.5, 0.6) is 0 Å². The van der Waals surface area contributed by atoms with Gasteiger partial charge in [0.25, 0.3) is 5.91 Å². The molecule has 1 amide bonds. The molecule has 5 nitrogen and oxygen atoms in total. The summed E-state index contributed by atoms with van der Waals surface area (Å²) in [5, 5.41) is 0. The molecule has 0 radical (unpaired) electrons. The van der Waals surface area contributed by atoms with E-state index >= 15 is 0 Å². The fourth-order valence-electron chi connectivity index (χ4n) is 4.62. The van der Waals surface area contributed by atoms with Gasteiger partial charge < -0.3 is 19.4 Å². The first-order chi connectivity index (χ1) is 15.2. The second-order valence-electron chi connectivity index (χ2n) is 10.3. The predicted octanol–water partition coefficient (Wildman–Crippen LogP) is 4.02. The monoisotopic (exact) mass is 435 g/mol. The molecule has 0 aromatic heterocycles. The first-order valence-electron chi connectivity index (χ1n) is 11.8. The Kier molecular flexibility index (Phi) is 6.59. The van der Waals surface area contributed by atoms with Gasteiger partial charge in [-0.05, 0) is 48.7 Å². The van der Waals surface area contributed by atoms with Gasteiger partial charge in [-0.1, -0.05) is 50.6 Å². The molecule has 4 rings (SSSR count). The van der Waals surface area contributed by atoms with Gasteiger partial charge in [-0.15, -0.1) is 0 Å². The Morgan fingerprint density at radius 3 is 2.31 bits per heavy atom. The van der Waals surface area contributed by atoms with E-state index in [1.807, 2.05) is 4.90 Å². The highest BCUT2D eigenvalue weighted by atomic mass is 16.5. The molecule has 0 spiro atoms. The molecule has 1 atom stereocenters. The molecule has 2 aromatic carbocycles. The highest BCUT2D eigenvalue weighted by molar-refractivity contribution is 5.97. The third kappa shape index (κ3) is 5.00. The molecule has 0 bridgehead atoms. The van der Waals surface area contributed by atoms with Crippen molar-refractivity contribution in [3.05, 3.63) is 59.2 Å². The van der Waals surface area contributed by atoms with Gasteiger partial charge in [-0.25, -0.2) is 0 Å². The quantitative estimate of drug-likeness (QED) is 0.727. The fraction of sp³-hybridized carbons (Fsp3) is 0.519. The number of aryl methyl sites for hydroxylation is 1. The molecule has 5 heteroatoms. The highest BCUT2D eigenvalue weighted by Crippen LogP contribution is 2.29. The van der Waals surface area contributed by atoms with Crippen LogP contribution in [-0.2, 0) is 21.4 Å². The van der Waals surface area contributed by atoms with Crippen LogP contribution in [-0.4, -0.2) is 63.3 Å². The molecule has 0 saturated carbocycles. The highest BCUT2D eigenvalue weighted by Gasteiger charge is 2.32. The Labute approximate surface area is 193 Å². The van der Waals surface area contributed by atoms with Crippen LogP contribution in [0.4, 0.5) is 11.4 Å². The molecule has 0 N–H and O–H groups in total. The smallest absolute Gasteiger partial charge is 0.256 e. The first kappa shape index (κ1) is 22.8. The summed E-state index contributed by atoms with van der Waals surface area (Å²) in [6.07, 6.45) is 0.165. The van der Waals surface area contributed by atoms with E-state index in [1.54, 1.807) is 0 Å². The second-order valence-corrected chi connectivity index (χ2v) is 10.3. The number of likely N-dealkylation sites (N-methyl/N-ethyl adjacent to an activating group) is 1. The van der Waals surface area contributed by atoms with Crippen LogP contribution in [0.1, 0.15) is 37.5 Å². The number of carbonyl (C=O) groups excluding carboxylic acids is 1. The summed E-state index contributed by atoms with van der Waals surface area (Å²) < 4.78 is 6.01. The van der Waals surface area contributed by atoms with E-state index in [4.69, 9.17) is 4.74 Å². The topological polar surface area (TPSA) is 36.0 Å². The maximum Gasteiger partial charge on any atom is 0.256 e. The zero-order chi connectivity index (χ0) is 22.9. The summed E-state index contributed by atoms with van der Waals surface area (Å²) in [4.78, 5) is 20.1. The molecule has 2 fully saturated rings. The lowest BCUT2D eigenvalue weighted by Gasteiger charge is -2.36. The number of nitrogens with zero attached hydrogens (tertiary/aromatic N) is 3. The molecule has 2 aliphatic rings. The van der Waals surface area contributed by atoms with Crippen molar-refractivity contribution in [1.82, 2.24) is 4.90 Å². The van der Waals surface area contributed by atoms with Crippen LogP contribution in [0.2, 0.25) is 0 Å². The summed E-state index contributed by atoms with van der Waals surface area (Å²) in [7, 11) is 2.17. The molecule has 172 valence electrons. The Balaban J connectivity index is 1.52. The number of amides is 1. The van der Waals surface area contributed by atoms with Crippen LogP contribution in [0.25, 0.3) is 0 Å². The van der Waals surface area contributed by atoms with Crippen molar-refractivity contribution >= 4 is 17.3 Å². The number of rotatable bonds is 4. The summed E-state index contributed by atoms with van der Waals surface area (Å²) >= 11 is 0. The van der Waals surface area contributed by atoms with Crippen molar-refractivity contribution in [3.8, 4) is 0 Å². The number of piperazine rings is 1. The van der Waals surface area contributed by atoms with Crippen molar-refractivity contribution in [1.29, 1.82) is 0 Å². The van der Waals surface area contributed by atoms with Gasteiger partial charge in [-0.2, -0.15) is 0 Å². The molecule has 2 aromatic rings. The van der Waals surface area contributed by atoms with E-state index < -0.39 is 6.10 Å². The first-order valence-corrected chi connectivity index (χ1v) is 11.8. The molecule has 2 heterocycles. The van der Waals surface area contributed by atoms with Crippen molar-refractivity contribution in [2.24, 2.45) is 0 Å². The van der Waals surface area contributed by atoms with E-state index in [9.17, 15) is 4.79 Å². The van der Waals surface area contributed by atoms with E-state index in [-0.39, 0.29) is 11.3 Å². The molecule has 2 saturated heterocycles. The van der Waals surface area contributed by atoms with Crippen molar-refractivity contribution in [3.63, 3.8) is 0 Å². The lowest BCUT2D eigenvalue weighted by Crippen LogP contribution is -2.49. The maximum absolute atomic E-state index is 13.4. The molecular weight excluding hydrogens is 398 g/mol. The summed E-state index contributed by atoms with van der Waals surface area (Å²) in [5.41, 5.74) is 6.00. The Hall–Kier alpha value is -2.37. The molecule has 1 unspecified atom stereocenters. The lowest BCUT2D eigenvalue weighted by atomic mass is 9.87. The van der Waals surface area contributed by atoms with Gasteiger partial charge in [0.05, 0.1) is 6.61 Å². The average Bonchev–Trinajstić information content (AvgIpc) is 2.76. The van der Waals surface area contributed by atoms with E-state index in [0.717, 1.165) is 31.9 Å². The SMILES string of the molecule is Cc1ccc(N2CCN(C)CC2)c(CC2OCCN(c3ccc(C(C)(C)C)cc3)C2=O)c1. The van der Waals surface area contributed by atoms with E-state index in [0.29, 0.717) is 19.6 Å². The van der Waals surface area contributed by atoms with Gasteiger partial charge in [0.15, 0.2) is 0 Å². The van der Waals surface area contributed by atoms with Gasteiger partial charge in [0.1, 0.15) is 6.10 Å². The van der Waals surface area contributed by atoms with Crippen LogP contribution in [0.3, 0.4) is 0 Å². The number of benzene rings is 2. The normalized spacial score (nSPS) is 20.7. The Morgan fingerprint density at radius 2 is 1.66 bits per heavy atom. The minimum Gasteiger partial charge on any atom is -0.369 e. The number of morpholine rings is 1. The van der Waals surface area contributed by atoms with Gasteiger partial charge >= 0.3 is 0 Å². The molecule has 32 heavy (non-hydrogen) atoms.